The van der Waals surface area contributed by atoms with Crippen LogP contribution in [0.25, 0.3) is 0 Å². The van der Waals surface area contributed by atoms with Crippen LogP contribution in [-0.4, -0.2) is 12.7 Å². The largest absolute Gasteiger partial charge is 0.450 e. The molecule has 0 radical (unpaired) electrons. The van der Waals surface area contributed by atoms with Gasteiger partial charge in [-0.3, -0.25) is 0 Å². The van der Waals surface area contributed by atoms with Crippen LogP contribution in [0.4, 0.5) is 13.6 Å². The van der Waals surface area contributed by atoms with E-state index in [1.807, 2.05) is 6.92 Å². The van der Waals surface area contributed by atoms with Gasteiger partial charge >= 0.3 is 6.09 Å². The summed E-state index contributed by atoms with van der Waals surface area (Å²) in [5.41, 5.74) is 0.286. The van der Waals surface area contributed by atoms with Crippen molar-refractivity contribution in [3.8, 4) is 0 Å². The van der Waals surface area contributed by atoms with Gasteiger partial charge in [0.25, 0.3) is 6.43 Å². The standard InChI is InChI=1S/C13H16BrF2NO2/c1-2-3-6-19-13(18)17-8-9-4-5-10(14)7-11(9)12(15)16/h4-5,7,12H,2-3,6,8H2,1H3,(H,17,18). The molecule has 0 saturated carbocycles. The first-order chi connectivity index (χ1) is 9.04. The highest BCUT2D eigenvalue weighted by Gasteiger charge is 2.14. The molecule has 0 aliphatic rings. The first kappa shape index (κ1) is 15.9. The summed E-state index contributed by atoms with van der Waals surface area (Å²) >= 11 is 3.14. The van der Waals surface area contributed by atoms with Gasteiger partial charge in [0.2, 0.25) is 0 Å². The SMILES string of the molecule is CCCCOC(=O)NCc1ccc(Br)cc1C(F)F. The van der Waals surface area contributed by atoms with Gasteiger partial charge in [-0.2, -0.15) is 0 Å². The number of halogens is 3. The van der Waals surface area contributed by atoms with Crippen LogP contribution >= 0.6 is 15.9 Å². The van der Waals surface area contributed by atoms with Crippen molar-refractivity contribution in [2.24, 2.45) is 0 Å². The molecule has 0 aliphatic heterocycles. The number of hydrogen-bond acceptors (Lipinski definition) is 2. The topological polar surface area (TPSA) is 38.3 Å². The Labute approximate surface area is 119 Å². The number of amides is 1. The molecule has 0 spiro atoms. The normalized spacial score (nSPS) is 10.6. The minimum Gasteiger partial charge on any atom is -0.450 e. The Kier molecular flexibility index (Phi) is 6.77. The smallest absolute Gasteiger partial charge is 0.407 e. The minimum atomic E-state index is -2.58. The highest BCUT2D eigenvalue weighted by molar-refractivity contribution is 9.10. The molecule has 3 nitrogen and oxygen atoms in total. The molecule has 1 amide bonds. The van der Waals surface area contributed by atoms with Crippen molar-refractivity contribution in [2.45, 2.75) is 32.7 Å². The molecular weight excluding hydrogens is 320 g/mol. The second kappa shape index (κ2) is 8.09. The molecule has 1 rings (SSSR count). The van der Waals surface area contributed by atoms with Crippen molar-refractivity contribution in [3.63, 3.8) is 0 Å². The van der Waals surface area contributed by atoms with Crippen LogP contribution in [-0.2, 0) is 11.3 Å². The summed E-state index contributed by atoms with van der Waals surface area (Å²) in [6.07, 6.45) is -1.45. The summed E-state index contributed by atoms with van der Waals surface area (Å²) in [4.78, 5) is 11.3. The van der Waals surface area contributed by atoms with Crippen molar-refractivity contribution in [2.75, 3.05) is 6.61 Å². The molecule has 0 unspecified atom stereocenters. The van der Waals surface area contributed by atoms with Gasteiger partial charge in [0.15, 0.2) is 0 Å². The third kappa shape index (κ3) is 5.55. The lowest BCUT2D eigenvalue weighted by atomic mass is 10.1. The maximum absolute atomic E-state index is 12.8. The Morgan fingerprint density at radius 1 is 1.47 bits per heavy atom. The molecule has 6 heteroatoms. The van der Waals surface area contributed by atoms with Gasteiger partial charge in [-0.05, 0) is 24.1 Å². The average Bonchev–Trinajstić information content (AvgIpc) is 2.37. The zero-order valence-electron chi connectivity index (χ0n) is 10.6. The van der Waals surface area contributed by atoms with E-state index in [2.05, 4.69) is 21.2 Å². The zero-order chi connectivity index (χ0) is 14.3. The number of carbonyl (C=O) groups excluding carboxylic acids is 1. The highest BCUT2D eigenvalue weighted by Crippen LogP contribution is 2.26. The molecule has 0 saturated heterocycles. The van der Waals surface area contributed by atoms with Gasteiger partial charge in [-0.25, -0.2) is 13.6 Å². The third-order valence-electron chi connectivity index (χ3n) is 2.50. The Hall–Kier alpha value is -1.17. The summed E-state index contributed by atoms with van der Waals surface area (Å²) < 4.78 is 31.1. The van der Waals surface area contributed by atoms with Crippen LogP contribution in [0.15, 0.2) is 22.7 Å². The number of hydrogen-bond donors (Lipinski definition) is 1. The number of nitrogens with one attached hydrogen (secondary N) is 1. The van der Waals surface area contributed by atoms with Crippen LogP contribution in [0.2, 0.25) is 0 Å². The van der Waals surface area contributed by atoms with Crippen molar-refractivity contribution >= 4 is 22.0 Å². The van der Waals surface area contributed by atoms with E-state index in [9.17, 15) is 13.6 Å². The molecule has 0 aliphatic carbocycles. The van der Waals surface area contributed by atoms with Gasteiger partial charge in [0, 0.05) is 16.6 Å². The first-order valence-electron chi connectivity index (χ1n) is 6.01. The molecule has 0 atom stereocenters. The fourth-order valence-electron chi connectivity index (χ4n) is 1.46. The molecule has 0 bridgehead atoms. The molecule has 1 aromatic carbocycles. The van der Waals surface area contributed by atoms with E-state index in [0.29, 0.717) is 16.6 Å². The van der Waals surface area contributed by atoms with Crippen molar-refractivity contribution in [3.05, 3.63) is 33.8 Å². The molecule has 106 valence electrons. The summed E-state index contributed by atoms with van der Waals surface area (Å²) in [7, 11) is 0. The number of rotatable bonds is 6. The predicted octanol–water partition coefficient (Wildman–Crippen LogP) is 4.41. The minimum absolute atomic E-state index is 0.0257. The fourth-order valence-corrected chi connectivity index (χ4v) is 1.84. The van der Waals surface area contributed by atoms with Crippen LogP contribution in [0.3, 0.4) is 0 Å². The number of alkyl halides is 2. The Bertz CT molecular complexity index is 427. The van der Waals surface area contributed by atoms with E-state index in [-0.39, 0.29) is 12.1 Å². The van der Waals surface area contributed by atoms with E-state index >= 15 is 0 Å². The molecule has 1 N–H and O–H groups in total. The van der Waals surface area contributed by atoms with E-state index in [4.69, 9.17) is 4.74 Å². The summed E-state index contributed by atoms with van der Waals surface area (Å²) in [5, 5.41) is 2.46. The Morgan fingerprint density at radius 3 is 2.84 bits per heavy atom. The predicted molar refractivity (Wildman–Crippen MR) is 72.2 cm³/mol. The lowest BCUT2D eigenvalue weighted by Crippen LogP contribution is -2.24. The van der Waals surface area contributed by atoms with Crippen LogP contribution in [0.1, 0.15) is 37.3 Å². The lowest BCUT2D eigenvalue weighted by molar-refractivity contribution is 0.141. The highest BCUT2D eigenvalue weighted by atomic mass is 79.9. The Morgan fingerprint density at radius 2 is 2.21 bits per heavy atom. The molecule has 1 aromatic rings. The summed E-state index contributed by atoms with van der Waals surface area (Å²) in [6.45, 7) is 2.35. The third-order valence-corrected chi connectivity index (χ3v) is 2.99. The van der Waals surface area contributed by atoms with Crippen LogP contribution in [0, 0.1) is 0 Å². The monoisotopic (exact) mass is 335 g/mol. The van der Waals surface area contributed by atoms with Gasteiger partial charge in [0.1, 0.15) is 0 Å². The maximum atomic E-state index is 12.8. The quantitative estimate of drug-likeness (QED) is 0.782. The van der Waals surface area contributed by atoms with E-state index in [1.54, 1.807) is 12.1 Å². The maximum Gasteiger partial charge on any atom is 0.407 e. The number of alkyl carbamates (subject to hydrolysis) is 1. The molecule has 0 heterocycles. The second-order valence-corrected chi connectivity index (χ2v) is 4.90. The first-order valence-corrected chi connectivity index (χ1v) is 6.81. The number of carbonyl (C=O) groups is 1. The second-order valence-electron chi connectivity index (χ2n) is 3.99. The zero-order valence-corrected chi connectivity index (χ0v) is 12.2. The van der Waals surface area contributed by atoms with E-state index in [0.717, 1.165) is 12.8 Å². The number of benzene rings is 1. The number of ether oxygens (including phenoxy) is 1. The van der Waals surface area contributed by atoms with Gasteiger partial charge in [-0.1, -0.05) is 35.3 Å². The summed E-state index contributed by atoms with van der Waals surface area (Å²) in [5.74, 6) is 0. The van der Waals surface area contributed by atoms with Crippen LogP contribution in [0.5, 0.6) is 0 Å². The Balaban J connectivity index is 2.55. The molecule has 19 heavy (non-hydrogen) atoms. The summed E-state index contributed by atoms with van der Waals surface area (Å²) in [6, 6.07) is 4.56. The van der Waals surface area contributed by atoms with Crippen molar-refractivity contribution in [1.82, 2.24) is 5.32 Å². The van der Waals surface area contributed by atoms with E-state index in [1.165, 1.54) is 6.07 Å². The van der Waals surface area contributed by atoms with Crippen molar-refractivity contribution in [1.29, 1.82) is 0 Å². The van der Waals surface area contributed by atoms with Gasteiger partial charge in [0.05, 0.1) is 6.61 Å². The van der Waals surface area contributed by atoms with E-state index < -0.39 is 12.5 Å². The van der Waals surface area contributed by atoms with Gasteiger partial charge < -0.3 is 10.1 Å². The molecule has 0 aromatic heterocycles. The average molecular weight is 336 g/mol. The van der Waals surface area contributed by atoms with Gasteiger partial charge in [-0.15, -0.1) is 0 Å². The van der Waals surface area contributed by atoms with Crippen LogP contribution < -0.4 is 5.32 Å². The molecule has 0 fully saturated rings. The number of unbranched alkanes of at least 4 members (excludes halogenated alkanes) is 1. The molecular formula is C13H16BrF2NO2. The van der Waals surface area contributed by atoms with Crippen molar-refractivity contribution < 1.29 is 18.3 Å². The lowest BCUT2D eigenvalue weighted by Gasteiger charge is -2.11. The fraction of sp³-hybridized carbons (Fsp3) is 0.462.